The van der Waals surface area contributed by atoms with Gasteiger partial charge in [-0.3, -0.25) is 9.59 Å². The van der Waals surface area contributed by atoms with Crippen LogP contribution in [0.3, 0.4) is 0 Å². The van der Waals surface area contributed by atoms with Gasteiger partial charge in [-0.25, -0.2) is 4.90 Å². The standard InChI is InChI=1S/C26H24N2O4/c1-4-17-8-12-19(13-9-17)27-24-23(18-10-14-21(31-2)15-11-18)25(29)28(26(24)30)20-6-5-7-22(16-20)32-3/h5-16,27H,4H2,1-3H3. The highest BCUT2D eigenvalue weighted by molar-refractivity contribution is 6.46. The van der Waals surface area contributed by atoms with Crippen molar-refractivity contribution in [3.05, 3.63) is 89.6 Å². The van der Waals surface area contributed by atoms with Gasteiger partial charge < -0.3 is 14.8 Å². The molecule has 1 aliphatic rings. The number of hydrogen-bond acceptors (Lipinski definition) is 5. The third kappa shape index (κ3) is 3.95. The maximum absolute atomic E-state index is 13.5. The van der Waals surface area contributed by atoms with E-state index in [0.29, 0.717) is 28.3 Å². The zero-order valence-electron chi connectivity index (χ0n) is 18.2. The second-order valence-electron chi connectivity index (χ2n) is 7.30. The van der Waals surface area contributed by atoms with Crippen molar-refractivity contribution < 1.29 is 19.1 Å². The molecule has 0 aliphatic carbocycles. The smallest absolute Gasteiger partial charge is 0.282 e. The van der Waals surface area contributed by atoms with Crippen LogP contribution in [-0.4, -0.2) is 26.0 Å². The van der Waals surface area contributed by atoms with E-state index in [0.717, 1.165) is 12.1 Å². The summed E-state index contributed by atoms with van der Waals surface area (Å²) in [7, 11) is 3.12. The average molecular weight is 428 g/mol. The van der Waals surface area contributed by atoms with Gasteiger partial charge in [-0.15, -0.1) is 0 Å². The van der Waals surface area contributed by atoms with E-state index in [1.807, 2.05) is 24.3 Å². The Balaban J connectivity index is 1.78. The minimum absolute atomic E-state index is 0.229. The lowest BCUT2D eigenvalue weighted by molar-refractivity contribution is -0.120. The fourth-order valence-corrected chi connectivity index (χ4v) is 3.62. The Morgan fingerprint density at radius 1 is 0.812 bits per heavy atom. The van der Waals surface area contributed by atoms with Crippen molar-refractivity contribution in [1.82, 2.24) is 0 Å². The number of aryl methyl sites for hydroxylation is 1. The monoisotopic (exact) mass is 428 g/mol. The van der Waals surface area contributed by atoms with Crippen LogP contribution in [0.1, 0.15) is 18.1 Å². The molecule has 0 spiro atoms. The molecule has 0 unspecified atom stereocenters. The topological polar surface area (TPSA) is 67.9 Å². The number of ether oxygens (including phenoxy) is 2. The van der Waals surface area contributed by atoms with E-state index in [4.69, 9.17) is 9.47 Å². The Hall–Kier alpha value is -4.06. The number of anilines is 2. The van der Waals surface area contributed by atoms with Gasteiger partial charge in [0.15, 0.2) is 0 Å². The van der Waals surface area contributed by atoms with E-state index in [-0.39, 0.29) is 5.70 Å². The van der Waals surface area contributed by atoms with Gasteiger partial charge in [0, 0.05) is 11.8 Å². The zero-order chi connectivity index (χ0) is 22.7. The second kappa shape index (κ2) is 8.98. The van der Waals surface area contributed by atoms with Crippen molar-refractivity contribution in [2.24, 2.45) is 0 Å². The largest absolute Gasteiger partial charge is 0.497 e. The molecule has 3 aromatic rings. The number of carbonyl (C=O) groups is 2. The van der Waals surface area contributed by atoms with Gasteiger partial charge in [-0.05, 0) is 53.9 Å². The first-order chi connectivity index (χ1) is 15.5. The predicted molar refractivity (Wildman–Crippen MR) is 125 cm³/mol. The molecule has 4 rings (SSSR count). The third-order valence-corrected chi connectivity index (χ3v) is 5.41. The number of nitrogens with zero attached hydrogens (tertiary/aromatic N) is 1. The quantitative estimate of drug-likeness (QED) is 0.554. The summed E-state index contributed by atoms with van der Waals surface area (Å²) >= 11 is 0. The van der Waals surface area contributed by atoms with E-state index in [2.05, 4.69) is 12.2 Å². The molecule has 162 valence electrons. The van der Waals surface area contributed by atoms with Crippen molar-refractivity contribution in [2.45, 2.75) is 13.3 Å². The first-order valence-corrected chi connectivity index (χ1v) is 10.3. The predicted octanol–water partition coefficient (Wildman–Crippen LogP) is 4.66. The van der Waals surface area contributed by atoms with Crippen LogP contribution in [0.4, 0.5) is 11.4 Å². The molecule has 6 nitrogen and oxygen atoms in total. The molecule has 3 aromatic carbocycles. The zero-order valence-corrected chi connectivity index (χ0v) is 18.2. The molecule has 0 bridgehead atoms. The number of amides is 2. The number of benzene rings is 3. The molecule has 0 radical (unpaired) electrons. The highest BCUT2D eigenvalue weighted by Gasteiger charge is 2.40. The van der Waals surface area contributed by atoms with E-state index < -0.39 is 11.8 Å². The normalized spacial score (nSPS) is 13.5. The van der Waals surface area contributed by atoms with Gasteiger partial charge in [0.2, 0.25) is 0 Å². The van der Waals surface area contributed by atoms with E-state index in [9.17, 15) is 9.59 Å². The molecule has 0 aromatic heterocycles. The number of rotatable bonds is 7. The van der Waals surface area contributed by atoms with Gasteiger partial charge >= 0.3 is 0 Å². The summed E-state index contributed by atoms with van der Waals surface area (Å²) in [4.78, 5) is 28.1. The number of carbonyl (C=O) groups excluding carboxylic acids is 2. The van der Waals surface area contributed by atoms with Gasteiger partial charge in [-0.1, -0.05) is 37.3 Å². The highest BCUT2D eigenvalue weighted by Crippen LogP contribution is 2.35. The summed E-state index contributed by atoms with van der Waals surface area (Å²) in [5, 5.41) is 3.18. The molecule has 32 heavy (non-hydrogen) atoms. The SMILES string of the molecule is CCc1ccc(NC2=C(c3ccc(OC)cc3)C(=O)N(c3cccc(OC)c3)C2=O)cc1. The number of nitrogens with one attached hydrogen (secondary N) is 1. The van der Waals surface area contributed by atoms with Crippen LogP contribution >= 0.6 is 0 Å². The summed E-state index contributed by atoms with van der Waals surface area (Å²) in [5.41, 5.74) is 3.53. The average Bonchev–Trinajstić information content (AvgIpc) is 3.08. The fourth-order valence-electron chi connectivity index (χ4n) is 3.62. The Morgan fingerprint density at radius 2 is 1.50 bits per heavy atom. The lowest BCUT2D eigenvalue weighted by Crippen LogP contribution is -2.32. The Bertz CT molecular complexity index is 1180. The molecule has 1 aliphatic heterocycles. The van der Waals surface area contributed by atoms with Crippen LogP contribution in [-0.2, 0) is 16.0 Å². The second-order valence-corrected chi connectivity index (χ2v) is 7.30. The van der Waals surface area contributed by atoms with Gasteiger partial charge in [0.1, 0.15) is 17.2 Å². The van der Waals surface area contributed by atoms with Crippen molar-refractivity contribution in [2.75, 3.05) is 24.4 Å². The molecule has 0 saturated carbocycles. The number of imide groups is 1. The molecule has 0 atom stereocenters. The Labute approximate surface area is 187 Å². The van der Waals surface area contributed by atoms with Crippen LogP contribution in [0.25, 0.3) is 5.57 Å². The molecule has 0 saturated heterocycles. The third-order valence-electron chi connectivity index (χ3n) is 5.41. The highest BCUT2D eigenvalue weighted by atomic mass is 16.5. The van der Waals surface area contributed by atoms with Crippen molar-refractivity contribution in [3.63, 3.8) is 0 Å². The molecule has 6 heteroatoms. The molecular formula is C26H24N2O4. The number of methoxy groups -OCH3 is 2. The summed E-state index contributed by atoms with van der Waals surface area (Å²) in [6.07, 6.45) is 0.918. The van der Waals surface area contributed by atoms with Crippen LogP contribution < -0.4 is 19.7 Å². The Morgan fingerprint density at radius 3 is 2.12 bits per heavy atom. The lowest BCUT2D eigenvalue weighted by Gasteiger charge is -2.16. The van der Waals surface area contributed by atoms with E-state index in [1.165, 1.54) is 10.5 Å². The van der Waals surface area contributed by atoms with E-state index >= 15 is 0 Å². The Kier molecular flexibility index (Phi) is 5.94. The van der Waals surface area contributed by atoms with Crippen molar-refractivity contribution in [1.29, 1.82) is 0 Å². The maximum Gasteiger partial charge on any atom is 0.282 e. The van der Waals surface area contributed by atoms with Gasteiger partial charge in [-0.2, -0.15) is 0 Å². The van der Waals surface area contributed by atoms with Gasteiger partial charge in [0.05, 0.1) is 25.5 Å². The maximum atomic E-state index is 13.5. The summed E-state index contributed by atoms with van der Waals surface area (Å²) in [6, 6.07) is 21.8. The van der Waals surface area contributed by atoms with Gasteiger partial charge in [0.25, 0.3) is 11.8 Å². The summed E-state index contributed by atoms with van der Waals surface area (Å²) < 4.78 is 10.5. The first-order valence-electron chi connectivity index (χ1n) is 10.3. The summed E-state index contributed by atoms with van der Waals surface area (Å²) in [6.45, 7) is 2.08. The minimum atomic E-state index is -0.423. The minimum Gasteiger partial charge on any atom is -0.497 e. The first kappa shape index (κ1) is 21.2. The van der Waals surface area contributed by atoms with Crippen LogP contribution in [0.5, 0.6) is 11.5 Å². The molecule has 2 amide bonds. The molecule has 1 heterocycles. The van der Waals surface area contributed by atoms with Crippen LogP contribution in [0.15, 0.2) is 78.5 Å². The molecule has 1 N–H and O–H groups in total. The molecule has 0 fully saturated rings. The lowest BCUT2D eigenvalue weighted by atomic mass is 10.0. The number of hydrogen-bond donors (Lipinski definition) is 1. The van der Waals surface area contributed by atoms with Crippen molar-refractivity contribution in [3.8, 4) is 11.5 Å². The summed E-state index contributed by atoms with van der Waals surface area (Å²) in [5.74, 6) is 0.404. The van der Waals surface area contributed by atoms with E-state index in [1.54, 1.807) is 62.8 Å². The van der Waals surface area contributed by atoms with Crippen LogP contribution in [0, 0.1) is 0 Å². The van der Waals surface area contributed by atoms with Crippen molar-refractivity contribution >= 4 is 28.8 Å². The molecular weight excluding hydrogens is 404 g/mol. The van der Waals surface area contributed by atoms with Crippen LogP contribution in [0.2, 0.25) is 0 Å². The fraction of sp³-hybridized carbons (Fsp3) is 0.154.